The Balaban J connectivity index is 2.58. The van der Waals surface area contributed by atoms with Gasteiger partial charge in [-0.25, -0.2) is 14.2 Å². The number of aryl methyl sites for hydroxylation is 2. The van der Waals surface area contributed by atoms with E-state index in [0.717, 1.165) is 4.57 Å². The van der Waals surface area contributed by atoms with Crippen molar-refractivity contribution in [3.05, 3.63) is 61.5 Å². The maximum absolute atomic E-state index is 12.3. The van der Waals surface area contributed by atoms with Gasteiger partial charge in [0.05, 0.1) is 11.2 Å². The minimum Gasteiger partial charge on any atom is -0.477 e. The molecule has 23 heavy (non-hydrogen) atoms. The number of carboxylic acid groups (broad SMARTS) is 1. The average Bonchev–Trinajstić information content (AvgIpc) is 2.70. The highest BCUT2D eigenvalue weighted by molar-refractivity contribution is 6.31. The molecule has 3 aromatic rings. The number of carboxylic acids is 1. The number of H-pyrrole nitrogens is 1. The van der Waals surface area contributed by atoms with Crippen molar-refractivity contribution in [2.75, 3.05) is 0 Å². The van der Waals surface area contributed by atoms with Crippen molar-refractivity contribution in [3.63, 3.8) is 0 Å². The van der Waals surface area contributed by atoms with Gasteiger partial charge in [0.1, 0.15) is 0 Å². The van der Waals surface area contributed by atoms with Gasteiger partial charge in [-0.2, -0.15) is 0 Å². The Morgan fingerprint density at radius 1 is 1.26 bits per heavy atom. The molecule has 0 atom stereocenters. The topological polar surface area (TPSA) is 97.1 Å². The molecule has 3 rings (SSSR count). The van der Waals surface area contributed by atoms with Crippen molar-refractivity contribution >= 4 is 28.5 Å². The summed E-state index contributed by atoms with van der Waals surface area (Å²) in [6.07, 6.45) is 0. The maximum atomic E-state index is 12.3. The van der Waals surface area contributed by atoms with E-state index in [-0.39, 0.29) is 11.4 Å². The SMILES string of the molecule is Cc1cc(=O)n(-c2c(C(=O)O)n(C)c3ccc(Cl)cc23)c(=O)[nH]1. The number of hydrogen-bond acceptors (Lipinski definition) is 3. The van der Waals surface area contributed by atoms with Crippen LogP contribution in [0, 0.1) is 6.92 Å². The molecule has 0 saturated heterocycles. The summed E-state index contributed by atoms with van der Waals surface area (Å²) in [6, 6.07) is 6.02. The van der Waals surface area contributed by atoms with Crippen LogP contribution in [0.5, 0.6) is 0 Å². The van der Waals surface area contributed by atoms with Crippen LogP contribution < -0.4 is 11.2 Å². The summed E-state index contributed by atoms with van der Waals surface area (Å²) < 4.78 is 2.23. The molecule has 0 aliphatic heterocycles. The van der Waals surface area contributed by atoms with E-state index in [2.05, 4.69) is 4.98 Å². The highest BCUT2D eigenvalue weighted by Gasteiger charge is 2.24. The highest BCUT2D eigenvalue weighted by atomic mass is 35.5. The molecule has 0 amide bonds. The summed E-state index contributed by atoms with van der Waals surface area (Å²) in [4.78, 5) is 38.7. The van der Waals surface area contributed by atoms with Crippen molar-refractivity contribution in [1.29, 1.82) is 0 Å². The van der Waals surface area contributed by atoms with Gasteiger partial charge in [-0.3, -0.25) is 4.79 Å². The third-order valence-electron chi connectivity index (χ3n) is 3.63. The van der Waals surface area contributed by atoms with Crippen molar-refractivity contribution in [2.45, 2.75) is 6.92 Å². The molecule has 0 spiro atoms. The summed E-state index contributed by atoms with van der Waals surface area (Å²) in [5, 5.41) is 10.3. The maximum Gasteiger partial charge on any atom is 0.354 e. The van der Waals surface area contributed by atoms with Crippen molar-refractivity contribution < 1.29 is 9.90 Å². The van der Waals surface area contributed by atoms with Crippen LogP contribution in [-0.2, 0) is 7.05 Å². The number of hydrogen-bond donors (Lipinski definition) is 2. The Labute approximate surface area is 134 Å². The first-order valence-corrected chi connectivity index (χ1v) is 7.03. The number of fused-ring (bicyclic) bond motifs is 1. The number of aromatic carboxylic acids is 1. The normalized spacial score (nSPS) is 11.1. The fourth-order valence-corrected chi connectivity index (χ4v) is 2.86. The molecule has 0 saturated carbocycles. The number of halogens is 1. The lowest BCUT2D eigenvalue weighted by Crippen LogP contribution is -2.34. The lowest BCUT2D eigenvalue weighted by Gasteiger charge is -2.06. The summed E-state index contributed by atoms with van der Waals surface area (Å²) in [6.45, 7) is 1.57. The van der Waals surface area contributed by atoms with Crippen molar-refractivity contribution in [2.24, 2.45) is 7.05 Å². The largest absolute Gasteiger partial charge is 0.477 e. The third kappa shape index (κ3) is 2.25. The van der Waals surface area contributed by atoms with E-state index in [9.17, 15) is 19.5 Å². The zero-order chi connectivity index (χ0) is 16.9. The van der Waals surface area contributed by atoms with E-state index in [1.165, 1.54) is 16.7 Å². The lowest BCUT2D eigenvalue weighted by atomic mass is 10.2. The monoisotopic (exact) mass is 333 g/mol. The van der Waals surface area contributed by atoms with Crippen LogP contribution in [0.25, 0.3) is 16.6 Å². The molecule has 7 nitrogen and oxygen atoms in total. The Kier molecular flexibility index (Phi) is 3.37. The first kappa shape index (κ1) is 15.1. The minimum absolute atomic E-state index is 0.00347. The van der Waals surface area contributed by atoms with E-state index >= 15 is 0 Å². The summed E-state index contributed by atoms with van der Waals surface area (Å²) in [5.74, 6) is -1.25. The quantitative estimate of drug-likeness (QED) is 0.745. The second-order valence-corrected chi connectivity index (χ2v) is 5.59. The lowest BCUT2D eigenvalue weighted by molar-refractivity contribution is 0.0687. The number of benzene rings is 1. The van der Waals surface area contributed by atoms with Gasteiger partial charge in [0, 0.05) is 29.2 Å². The second-order valence-electron chi connectivity index (χ2n) is 5.15. The van der Waals surface area contributed by atoms with Crippen LogP contribution in [0.2, 0.25) is 5.02 Å². The molecule has 0 fully saturated rings. The number of aromatic amines is 1. The fourth-order valence-electron chi connectivity index (χ4n) is 2.69. The van der Waals surface area contributed by atoms with Gasteiger partial charge in [-0.05, 0) is 25.1 Å². The Bertz CT molecular complexity index is 1040. The predicted octanol–water partition coefficient (Wildman–Crippen LogP) is 1.68. The van der Waals surface area contributed by atoms with Gasteiger partial charge < -0.3 is 14.7 Å². The molecule has 2 heterocycles. The molecule has 0 unspecified atom stereocenters. The number of nitrogens with one attached hydrogen (secondary N) is 1. The number of aromatic nitrogens is 3. The van der Waals surface area contributed by atoms with E-state index in [1.54, 1.807) is 26.1 Å². The van der Waals surface area contributed by atoms with E-state index in [0.29, 0.717) is 21.6 Å². The van der Waals surface area contributed by atoms with Gasteiger partial charge in [-0.1, -0.05) is 11.6 Å². The van der Waals surface area contributed by atoms with Crippen molar-refractivity contribution in [1.82, 2.24) is 14.1 Å². The molecule has 0 radical (unpaired) electrons. The highest BCUT2D eigenvalue weighted by Crippen LogP contribution is 2.29. The zero-order valence-electron chi connectivity index (χ0n) is 12.3. The second kappa shape index (κ2) is 5.13. The van der Waals surface area contributed by atoms with Crippen LogP contribution in [0.4, 0.5) is 0 Å². The molecule has 1 aromatic carbocycles. The predicted molar refractivity (Wildman–Crippen MR) is 85.8 cm³/mol. The molecule has 118 valence electrons. The molecule has 8 heteroatoms. The van der Waals surface area contributed by atoms with E-state index in [4.69, 9.17) is 11.6 Å². The molecule has 0 bridgehead atoms. The Hall–Kier alpha value is -2.80. The third-order valence-corrected chi connectivity index (χ3v) is 3.86. The van der Waals surface area contributed by atoms with Gasteiger partial charge in [-0.15, -0.1) is 0 Å². The summed E-state index contributed by atoms with van der Waals surface area (Å²) in [5.41, 5.74) is -0.534. The molecule has 0 aliphatic rings. The number of nitrogens with zero attached hydrogens (tertiary/aromatic N) is 2. The van der Waals surface area contributed by atoms with Gasteiger partial charge >= 0.3 is 11.7 Å². The van der Waals surface area contributed by atoms with Crippen LogP contribution in [0.15, 0.2) is 33.9 Å². The van der Waals surface area contributed by atoms with Gasteiger partial charge in [0.15, 0.2) is 5.69 Å². The Morgan fingerprint density at radius 3 is 2.57 bits per heavy atom. The van der Waals surface area contributed by atoms with E-state index < -0.39 is 17.2 Å². The molecule has 2 aromatic heterocycles. The van der Waals surface area contributed by atoms with Gasteiger partial charge in [0.25, 0.3) is 5.56 Å². The molecular formula is C15H12ClN3O4. The summed E-state index contributed by atoms with van der Waals surface area (Å²) in [7, 11) is 1.55. The molecular weight excluding hydrogens is 322 g/mol. The van der Waals surface area contributed by atoms with Crippen LogP contribution in [0.1, 0.15) is 16.2 Å². The van der Waals surface area contributed by atoms with E-state index in [1.807, 2.05) is 0 Å². The zero-order valence-corrected chi connectivity index (χ0v) is 13.0. The van der Waals surface area contributed by atoms with Gasteiger partial charge in [0.2, 0.25) is 0 Å². The van der Waals surface area contributed by atoms with Crippen LogP contribution in [0.3, 0.4) is 0 Å². The Morgan fingerprint density at radius 2 is 1.96 bits per heavy atom. The number of carbonyl (C=O) groups is 1. The number of rotatable bonds is 2. The molecule has 0 aliphatic carbocycles. The fraction of sp³-hybridized carbons (Fsp3) is 0.133. The van der Waals surface area contributed by atoms with Crippen molar-refractivity contribution in [3.8, 4) is 5.69 Å². The summed E-state index contributed by atoms with van der Waals surface area (Å²) >= 11 is 5.99. The minimum atomic E-state index is -1.25. The van der Waals surface area contributed by atoms with Crippen LogP contribution in [-0.4, -0.2) is 25.2 Å². The first-order valence-electron chi connectivity index (χ1n) is 6.66. The standard InChI is InChI=1S/C15H12ClN3O4/c1-7-5-11(20)19(15(23)17-7)12-9-6-8(16)3-4-10(9)18(2)13(12)14(21)22/h3-6H,1-2H3,(H,17,23)(H,21,22). The van der Waals surface area contributed by atoms with Crippen LogP contribution >= 0.6 is 11.6 Å². The average molecular weight is 334 g/mol. The first-order chi connectivity index (χ1) is 10.8. The molecule has 2 N–H and O–H groups in total. The smallest absolute Gasteiger partial charge is 0.354 e.